The van der Waals surface area contributed by atoms with Crippen LogP contribution in [-0.2, 0) is 9.84 Å². The SMILES string of the molecule is O=S(=O)(c1ccc(Oc2ccccc2)c(Cl)c1)c1ccc(Oc2ccccc2)c(Cl)c1. The van der Waals surface area contributed by atoms with E-state index in [9.17, 15) is 8.42 Å². The molecule has 0 atom stereocenters. The zero-order chi connectivity index (χ0) is 21.8. The van der Waals surface area contributed by atoms with Gasteiger partial charge in [0.1, 0.15) is 23.0 Å². The van der Waals surface area contributed by atoms with Crippen molar-refractivity contribution in [3.8, 4) is 23.0 Å². The summed E-state index contributed by atoms with van der Waals surface area (Å²) >= 11 is 12.6. The fourth-order valence-electron chi connectivity index (χ4n) is 2.83. The molecule has 4 aromatic rings. The normalized spacial score (nSPS) is 11.2. The van der Waals surface area contributed by atoms with Gasteiger partial charge in [-0.1, -0.05) is 59.6 Å². The molecule has 0 fully saturated rings. The van der Waals surface area contributed by atoms with Gasteiger partial charge in [-0.3, -0.25) is 0 Å². The van der Waals surface area contributed by atoms with Crippen molar-refractivity contribution in [1.29, 1.82) is 0 Å². The Kier molecular flexibility index (Phi) is 6.18. The highest BCUT2D eigenvalue weighted by atomic mass is 35.5. The Labute approximate surface area is 190 Å². The molecule has 0 unspecified atom stereocenters. The van der Waals surface area contributed by atoms with Crippen molar-refractivity contribution in [2.75, 3.05) is 0 Å². The van der Waals surface area contributed by atoms with Crippen LogP contribution in [0.1, 0.15) is 0 Å². The van der Waals surface area contributed by atoms with Gasteiger partial charge >= 0.3 is 0 Å². The summed E-state index contributed by atoms with van der Waals surface area (Å²) in [6.07, 6.45) is 0. The van der Waals surface area contributed by atoms with Crippen LogP contribution in [0.4, 0.5) is 0 Å². The van der Waals surface area contributed by atoms with Crippen molar-refractivity contribution < 1.29 is 17.9 Å². The molecule has 0 aliphatic carbocycles. The quantitative estimate of drug-likeness (QED) is 0.294. The number of para-hydroxylation sites is 2. The minimum Gasteiger partial charge on any atom is -0.456 e. The maximum Gasteiger partial charge on any atom is 0.206 e. The van der Waals surface area contributed by atoms with E-state index in [1.165, 1.54) is 36.4 Å². The Morgan fingerprint density at radius 2 is 0.935 bits per heavy atom. The molecule has 0 spiro atoms. The second-order valence-electron chi connectivity index (χ2n) is 6.52. The zero-order valence-corrected chi connectivity index (χ0v) is 18.4. The summed E-state index contributed by atoms with van der Waals surface area (Å²) in [6.45, 7) is 0. The summed E-state index contributed by atoms with van der Waals surface area (Å²) < 4.78 is 37.6. The number of benzene rings is 4. The average Bonchev–Trinajstić information content (AvgIpc) is 2.78. The summed E-state index contributed by atoms with van der Waals surface area (Å²) in [6, 6.07) is 26.8. The lowest BCUT2D eigenvalue weighted by Crippen LogP contribution is -2.02. The maximum atomic E-state index is 13.1. The average molecular weight is 471 g/mol. The monoisotopic (exact) mass is 470 g/mol. The van der Waals surface area contributed by atoms with Crippen LogP contribution in [0.15, 0.2) is 107 Å². The van der Waals surface area contributed by atoms with E-state index < -0.39 is 9.84 Å². The third-order valence-electron chi connectivity index (χ3n) is 4.37. The third-order valence-corrected chi connectivity index (χ3v) is 6.71. The fraction of sp³-hybridized carbons (Fsp3) is 0. The molecule has 0 N–H and O–H groups in total. The number of halogens is 2. The van der Waals surface area contributed by atoms with E-state index in [-0.39, 0.29) is 19.8 Å². The first kappa shape index (κ1) is 21.2. The molecule has 31 heavy (non-hydrogen) atoms. The first-order valence-electron chi connectivity index (χ1n) is 9.23. The van der Waals surface area contributed by atoms with E-state index in [4.69, 9.17) is 32.7 Å². The third kappa shape index (κ3) is 4.85. The predicted octanol–water partition coefficient (Wildman–Crippen LogP) is 7.41. The van der Waals surface area contributed by atoms with Crippen LogP contribution >= 0.6 is 23.2 Å². The molecule has 0 aliphatic rings. The predicted molar refractivity (Wildman–Crippen MR) is 121 cm³/mol. The number of rotatable bonds is 6. The molecular weight excluding hydrogens is 455 g/mol. The Bertz CT molecular complexity index is 1210. The van der Waals surface area contributed by atoms with Crippen molar-refractivity contribution in [1.82, 2.24) is 0 Å². The number of sulfone groups is 1. The molecule has 0 aliphatic heterocycles. The van der Waals surface area contributed by atoms with Gasteiger partial charge < -0.3 is 9.47 Å². The van der Waals surface area contributed by atoms with E-state index >= 15 is 0 Å². The summed E-state index contributed by atoms with van der Waals surface area (Å²) in [4.78, 5) is 0.0661. The smallest absolute Gasteiger partial charge is 0.206 e. The van der Waals surface area contributed by atoms with Gasteiger partial charge in [0.25, 0.3) is 0 Å². The van der Waals surface area contributed by atoms with E-state index in [0.717, 1.165) is 0 Å². The summed E-state index contributed by atoms with van der Waals surface area (Å²) in [5, 5.41) is 0.361. The summed E-state index contributed by atoms with van der Waals surface area (Å²) in [5.41, 5.74) is 0. The van der Waals surface area contributed by atoms with Crippen LogP contribution in [0.3, 0.4) is 0 Å². The van der Waals surface area contributed by atoms with Gasteiger partial charge in [-0.15, -0.1) is 0 Å². The lowest BCUT2D eigenvalue weighted by atomic mass is 10.3. The Balaban J connectivity index is 1.59. The highest BCUT2D eigenvalue weighted by Gasteiger charge is 2.21. The largest absolute Gasteiger partial charge is 0.456 e. The van der Waals surface area contributed by atoms with Crippen LogP contribution in [0, 0.1) is 0 Å². The zero-order valence-electron chi connectivity index (χ0n) is 16.0. The van der Waals surface area contributed by atoms with Crippen molar-refractivity contribution in [3.63, 3.8) is 0 Å². The number of hydrogen-bond donors (Lipinski definition) is 0. The van der Waals surface area contributed by atoms with Gasteiger partial charge in [-0.05, 0) is 60.7 Å². The van der Waals surface area contributed by atoms with Crippen LogP contribution in [-0.4, -0.2) is 8.42 Å². The standard InChI is InChI=1S/C24H16Cl2O4S/c25-21-15-19(11-13-23(21)29-17-7-3-1-4-8-17)31(27,28)20-12-14-24(22(26)16-20)30-18-9-5-2-6-10-18/h1-16H. The van der Waals surface area contributed by atoms with E-state index in [1.807, 2.05) is 36.4 Å². The summed E-state index contributed by atoms with van der Waals surface area (Å²) in [5.74, 6) is 1.91. The first-order chi connectivity index (χ1) is 14.9. The molecule has 0 aromatic heterocycles. The van der Waals surface area contributed by atoms with Gasteiger partial charge in [-0.25, -0.2) is 8.42 Å². The first-order valence-corrected chi connectivity index (χ1v) is 11.5. The topological polar surface area (TPSA) is 52.6 Å². The summed E-state index contributed by atoms with van der Waals surface area (Å²) in [7, 11) is -3.84. The van der Waals surface area contributed by atoms with E-state index in [1.54, 1.807) is 24.3 Å². The van der Waals surface area contributed by atoms with Crippen LogP contribution in [0.25, 0.3) is 0 Å². The van der Waals surface area contributed by atoms with Gasteiger partial charge in [0.05, 0.1) is 19.8 Å². The molecular formula is C24H16Cl2O4S. The molecule has 4 aromatic carbocycles. The minimum atomic E-state index is -3.84. The Morgan fingerprint density at radius 3 is 1.29 bits per heavy atom. The second-order valence-corrected chi connectivity index (χ2v) is 9.28. The van der Waals surface area contributed by atoms with E-state index in [0.29, 0.717) is 23.0 Å². The van der Waals surface area contributed by atoms with Crippen LogP contribution < -0.4 is 9.47 Å². The Morgan fingerprint density at radius 1 is 0.548 bits per heavy atom. The van der Waals surface area contributed by atoms with Gasteiger partial charge in [0, 0.05) is 0 Å². The van der Waals surface area contributed by atoms with Crippen molar-refractivity contribution in [2.45, 2.75) is 9.79 Å². The molecule has 4 rings (SSSR count). The highest BCUT2D eigenvalue weighted by Crippen LogP contribution is 2.36. The maximum absolute atomic E-state index is 13.1. The van der Waals surface area contributed by atoms with Crippen LogP contribution in [0.5, 0.6) is 23.0 Å². The van der Waals surface area contributed by atoms with Crippen LogP contribution in [0.2, 0.25) is 10.0 Å². The Hall–Kier alpha value is -2.99. The molecule has 0 amide bonds. The fourth-order valence-corrected chi connectivity index (χ4v) is 4.71. The van der Waals surface area contributed by atoms with Gasteiger partial charge in [0.15, 0.2) is 0 Å². The molecule has 156 valence electrons. The van der Waals surface area contributed by atoms with Gasteiger partial charge in [-0.2, -0.15) is 0 Å². The molecule has 0 heterocycles. The van der Waals surface area contributed by atoms with Crippen molar-refractivity contribution in [2.24, 2.45) is 0 Å². The molecule has 0 radical (unpaired) electrons. The second kappa shape index (κ2) is 9.02. The minimum absolute atomic E-state index is 0.0331. The number of hydrogen-bond acceptors (Lipinski definition) is 4. The van der Waals surface area contributed by atoms with Gasteiger partial charge in [0.2, 0.25) is 9.84 Å². The molecule has 0 bridgehead atoms. The lowest BCUT2D eigenvalue weighted by molar-refractivity contribution is 0.482. The van der Waals surface area contributed by atoms with Crippen molar-refractivity contribution in [3.05, 3.63) is 107 Å². The molecule has 0 saturated heterocycles. The number of ether oxygens (including phenoxy) is 2. The molecule has 7 heteroatoms. The van der Waals surface area contributed by atoms with E-state index in [2.05, 4.69) is 0 Å². The van der Waals surface area contributed by atoms with Crippen molar-refractivity contribution >= 4 is 33.0 Å². The molecule has 4 nitrogen and oxygen atoms in total. The lowest BCUT2D eigenvalue weighted by Gasteiger charge is -2.11. The highest BCUT2D eigenvalue weighted by molar-refractivity contribution is 7.91. The molecule has 0 saturated carbocycles.